The molecule has 0 saturated heterocycles. The molecule has 6 heteroatoms. The standard InChI is InChI=1S/C15H18N4O2/c1-9-17-8-12(14(16)19-9)21-11-6-13(20-3)18-7-10(11)15(2)4-5-15/h6-8H,4-5H2,1-3H3,(H2,16,17,19). The summed E-state index contributed by atoms with van der Waals surface area (Å²) in [6.45, 7) is 3.98. The zero-order valence-electron chi connectivity index (χ0n) is 12.4. The number of anilines is 1. The summed E-state index contributed by atoms with van der Waals surface area (Å²) in [7, 11) is 1.58. The molecule has 0 amide bonds. The second-order valence-corrected chi connectivity index (χ2v) is 5.55. The molecular formula is C15H18N4O2. The third-order valence-corrected chi connectivity index (χ3v) is 3.82. The van der Waals surface area contributed by atoms with Crippen molar-refractivity contribution >= 4 is 5.82 Å². The summed E-state index contributed by atoms with van der Waals surface area (Å²) < 4.78 is 11.1. The van der Waals surface area contributed by atoms with Gasteiger partial charge in [0.2, 0.25) is 5.88 Å². The van der Waals surface area contributed by atoms with Crippen LogP contribution in [0.1, 0.15) is 31.2 Å². The topological polar surface area (TPSA) is 83.2 Å². The van der Waals surface area contributed by atoms with Crippen LogP contribution < -0.4 is 15.2 Å². The molecule has 21 heavy (non-hydrogen) atoms. The van der Waals surface area contributed by atoms with Crippen molar-refractivity contribution in [3.63, 3.8) is 0 Å². The number of hydrogen-bond acceptors (Lipinski definition) is 6. The highest BCUT2D eigenvalue weighted by molar-refractivity contribution is 5.50. The fourth-order valence-electron chi connectivity index (χ4n) is 2.20. The van der Waals surface area contributed by atoms with E-state index in [9.17, 15) is 0 Å². The van der Waals surface area contributed by atoms with Crippen molar-refractivity contribution in [3.05, 3.63) is 29.8 Å². The van der Waals surface area contributed by atoms with Crippen LogP contribution in [0, 0.1) is 6.92 Å². The van der Waals surface area contributed by atoms with E-state index < -0.39 is 0 Å². The lowest BCUT2D eigenvalue weighted by atomic mass is 9.99. The minimum atomic E-state index is 0.120. The van der Waals surface area contributed by atoms with E-state index in [1.54, 1.807) is 26.3 Å². The quantitative estimate of drug-likeness (QED) is 0.930. The Hall–Kier alpha value is -2.37. The monoisotopic (exact) mass is 286 g/mol. The number of ether oxygens (including phenoxy) is 2. The van der Waals surface area contributed by atoms with Gasteiger partial charge in [0.25, 0.3) is 0 Å². The third kappa shape index (κ3) is 2.61. The molecule has 1 fully saturated rings. The van der Waals surface area contributed by atoms with Crippen molar-refractivity contribution < 1.29 is 9.47 Å². The summed E-state index contributed by atoms with van der Waals surface area (Å²) >= 11 is 0. The molecule has 1 aliphatic rings. The van der Waals surface area contributed by atoms with Crippen LogP contribution in [-0.2, 0) is 5.41 Å². The normalized spacial score (nSPS) is 15.6. The predicted octanol–water partition coefficient (Wildman–Crippen LogP) is 2.61. The first-order chi connectivity index (χ1) is 10.0. The molecule has 2 N–H and O–H groups in total. The van der Waals surface area contributed by atoms with Gasteiger partial charge < -0.3 is 15.2 Å². The maximum absolute atomic E-state index is 5.93. The van der Waals surface area contributed by atoms with Crippen molar-refractivity contribution in [3.8, 4) is 17.4 Å². The lowest BCUT2D eigenvalue weighted by Crippen LogP contribution is -2.06. The Labute approximate surface area is 123 Å². The zero-order valence-corrected chi connectivity index (χ0v) is 12.4. The summed E-state index contributed by atoms with van der Waals surface area (Å²) in [6.07, 6.45) is 5.64. The number of methoxy groups -OCH3 is 1. The number of rotatable bonds is 4. The fourth-order valence-corrected chi connectivity index (χ4v) is 2.20. The average Bonchev–Trinajstić information content (AvgIpc) is 3.20. The predicted molar refractivity (Wildman–Crippen MR) is 78.6 cm³/mol. The number of aromatic nitrogens is 3. The van der Waals surface area contributed by atoms with Crippen LogP contribution >= 0.6 is 0 Å². The number of nitrogen functional groups attached to an aromatic ring is 1. The highest BCUT2D eigenvalue weighted by atomic mass is 16.5. The Morgan fingerprint density at radius 1 is 1.19 bits per heavy atom. The molecule has 0 radical (unpaired) electrons. The molecule has 0 aromatic carbocycles. The van der Waals surface area contributed by atoms with Gasteiger partial charge in [0.15, 0.2) is 11.6 Å². The molecule has 3 rings (SSSR count). The molecule has 110 valence electrons. The van der Waals surface area contributed by atoms with Crippen molar-refractivity contribution in [2.45, 2.75) is 32.1 Å². The average molecular weight is 286 g/mol. The minimum absolute atomic E-state index is 0.120. The van der Waals surface area contributed by atoms with Crippen molar-refractivity contribution in [1.29, 1.82) is 0 Å². The largest absolute Gasteiger partial charge is 0.481 e. The molecule has 0 unspecified atom stereocenters. The van der Waals surface area contributed by atoms with Crippen LogP contribution in [0.15, 0.2) is 18.5 Å². The van der Waals surface area contributed by atoms with Crippen molar-refractivity contribution in [1.82, 2.24) is 15.0 Å². The second kappa shape index (κ2) is 4.87. The third-order valence-electron chi connectivity index (χ3n) is 3.82. The lowest BCUT2D eigenvalue weighted by molar-refractivity contribution is 0.390. The van der Waals surface area contributed by atoms with Crippen LogP contribution in [0.5, 0.6) is 17.4 Å². The van der Waals surface area contributed by atoms with Gasteiger partial charge in [0.05, 0.1) is 13.3 Å². The van der Waals surface area contributed by atoms with Crippen LogP contribution in [0.4, 0.5) is 5.82 Å². The fraction of sp³-hybridized carbons (Fsp3) is 0.400. The maximum Gasteiger partial charge on any atom is 0.216 e. The molecule has 1 aliphatic carbocycles. The van der Waals surface area contributed by atoms with Crippen LogP contribution in [0.3, 0.4) is 0 Å². The van der Waals surface area contributed by atoms with E-state index in [1.807, 2.05) is 6.20 Å². The highest BCUT2D eigenvalue weighted by Gasteiger charge is 2.42. The SMILES string of the molecule is COc1cc(Oc2cnc(C)nc2N)c(C2(C)CC2)cn1. The Morgan fingerprint density at radius 2 is 1.95 bits per heavy atom. The molecule has 2 aromatic heterocycles. The number of nitrogens with two attached hydrogens (primary N) is 1. The first-order valence-electron chi connectivity index (χ1n) is 6.83. The number of pyridine rings is 1. The molecule has 0 bridgehead atoms. The summed E-state index contributed by atoms with van der Waals surface area (Å²) in [5.74, 6) is 2.58. The Kier molecular flexibility index (Phi) is 3.16. The smallest absolute Gasteiger partial charge is 0.216 e. The zero-order chi connectivity index (χ0) is 15.0. The summed E-state index contributed by atoms with van der Waals surface area (Å²) in [4.78, 5) is 12.5. The Morgan fingerprint density at radius 3 is 2.57 bits per heavy atom. The van der Waals surface area contributed by atoms with Gasteiger partial charge in [-0.1, -0.05) is 6.92 Å². The van der Waals surface area contributed by atoms with Gasteiger partial charge in [-0.25, -0.2) is 15.0 Å². The van der Waals surface area contributed by atoms with E-state index in [1.165, 1.54) is 0 Å². The minimum Gasteiger partial charge on any atom is -0.481 e. The van der Waals surface area contributed by atoms with E-state index in [-0.39, 0.29) is 5.41 Å². The van der Waals surface area contributed by atoms with Gasteiger partial charge in [-0.3, -0.25) is 0 Å². The second-order valence-electron chi connectivity index (χ2n) is 5.55. The van der Waals surface area contributed by atoms with E-state index in [4.69, 9.17) is 15.2 Å². The molecule has 0 spiro atoms. The summed E-state index contributed by atoms with van der Waals surface area (Å²) in [6, 6.07) is 1.78. The van der Waals surface area contributed by atoms with Crippen molar-refractivity contribution in [2.75, 3.05) is 12.8 Å². The lowest BCUT2D eigenvalue weighted by Gasteiger charge is -2.16. The first-order valence-corrected chi connectivity index (χ1v) is 6.83. The van der Waals surface area contributed by atoms with Gasteiger partial charge in [-0.2, -0.15) is 0 Å². The number of hydrogen-bond donors (Lipinski definition) is 1. The molecule has 6 nitrogen and oxygen atoms in total. The highest BCUT2D eigenvalue weighted by Crippen LogP contribution is 2.51. The molecule has 2 aromatic rings. The molecule has 2 heterocycles. The van der Waals surface area contributed by atoms with Gasteiger partial charge in [-0.15, -0.1) is 0 Å². The van der Waals surface area contributed by atoms with E-state index in [2.05, 4.69) is 21.9 Å². The van der Waals surface area contributed by atoms with Crippen LogP contribution in [0.2, 0.25) is 0 Å². The van der Waals surface area contributed by atoms with E-state index in [0.717, 1.165) is 18.4 Å². The summed E-state index contributed by atoms with van der Waals surface area (Å²) in [5, 5.41) is 0. The first kappa shape index (κ1) is 13.6. The maximum atomic E-state index is 5.93. The summed E-state index contributed by atoms with van der Waals surface area (Å²) in [5.41, 5.74) is 7.07. The Balaban J connectivity index is 2.00. The Bertz CT molecular complexity index is 683. The number of aryl methyl sites for hydroxylation is 1. The van der Waals surface area contributed by atoms with E-state index in [0.29, 0.717) is 29.0 Å². The van der Waals surface area contributed by atoms with E-state index >= 15 is 0 Å². The molecule has 0 atom stereocenters. The molecule has 0 aliphatic heterocycles. The van der Waals surface area contributed by atoms with Crippen LogP contribution in [0.25, 0.3) is 0 Å². The molecule has 1 saturated carbocycles. The van der Waals surface area contributed by atoms with Crippen LogP contribution in [-0.4, -0.2) is 22.1 Å². The van der Waals surface area contributed by atoms with Gasteiger partial charge >= 0.3 is 0 Å². The number of nitrogens with zero attached hydrogens (tertiary/aromatic N) is 3. The van der Waals surface area contributed by atoms with Gasteiger partial charge in [0, 0.05) is 17.8 Å². The van der Waals surface area contributed by atoms with Crippen molar-refractivity contribution in [2.24, 2.45) is 0 Å². The molecular weight excluding hydrogens is 268 g/mol. The van der Waals surface area contributed by atoms with Gasteiger partial charge in [-0.05, 0) is 25.2 Å². The van der Waals surface area contributed by atoms with Gasteiger partial charge in [0.1, 0.15) is 11.6 Å².